The Hall–Kier alpha value is -3.76. The zero-order chi connectivity index (χ0) is 35.0. The smallest absolute Gasteiger partial charge is 0.264 e. The average molecular weight is 743 g/mol. The number of nitrogens with zero attached hydrogens (tertiary/aromatic N) is 2. The minimum atomic E-state index is -4.29. The number of sulfonamides is 1. The molecule has 1 saturated carbocycles. The molecule has 1 aliphatic rings. The first-order chi connectivity index (χ1) is 23.6. The highest BCUT2D eigenvalue weighted by Crippen LogP contribution is 2.33. The van der Waals surface area contributed by atoms with Crippen LogP contribution in [0.1, 0.15) is 43.2 Å². The number of anilines is 1. The highest BCUT2D eigenvalue weighted by atomic mass is 35.5. The summed E-state index contributed by atoms with van der Waals surface area (Å²) >= 11 is 19.3. The second kappa shape index (κ2) is 16.8. The molecule has 2 amide bonds. The first-order valence-electron chi connectivity index (χ1n) is 16.1. The lowest BCUT2D eigenvalue weighted by molar-refractivity contribution is -0.140. The number of carbonyl (C=O) groups is 2. The fraction of sp³-hybridized carbons (Fsp3) is 0.297. The van der Waals surface area contributed by atoms with Crippen LogP contribution in [0.15, 0.2) is 102 Å². The molecule has 5 rings (SSSR count). The Kier molecular flexibility index (Phi) is 12.5. The van der Waals surface area contributed by atoms with E-state index in [4.69, 9.17) is 39.5 Å². The summed E-state index contributed by atoms with van der Waals surface area (Å²) in [7, 11) is -2.84. The maximum Gasteiger partial charge on any atom is 0.264 e. The molecule has 4 aromatic carbocycles. The van der Waals surface area contributed by atoms with Crippen molar-refractivity contribution in [2.75, 3.05) is 18.0 Å². The van der Waals surface area contributed by atoms with Gasteiger partial charge in [0.2, 0.25) is 11.8 Å². The number of carbonyl (C=O) groups excluding carboxylic acids is 2. The van der Waals surface area contributed by atoms with Gasteiger partial charge in [0.05, 0.1) is 22.7 Å². The van der Waals surface area contributed by atoms with Crippen LogP contribution in [0, 0.1) is 0 Å². The van der Waals surface area contributed by atoms with Gasteiger partial charge in [0, 0.05) is 29.1 Å². The highest BCUT2D eigenvalue weighted by Gasteiger charge is 2.36. The number of methoxy groups -OCH3 is 1. The van der Waals surface area contributed by atoms with Crippen LogP contribution < -0.4 is 14.4 Å². The number of halogens is 3. The van der Waals surface area contributed by atoms with E-state index in [1.165, 1.54) is 42.3 Å². The van der Waals surface area contributed by atoms with Crippen molar-refractivity contribution in [1.82, 2.24) is 10.2 Å². The van der Waals surface area contributed by atoms with Gasteiger partial charge in [-0.15, -0.1) is 0 Å². The Balaban J connectivity index is 1.59. The van der Waals surface area contributed by atoms with Crippen LogP contribution in [-0.2, 0) is 32.6 Å². The molecule has 0 aliphatic heterocycles. The molecule has 0 aromatic heterocycles. The molecule has 12 heteroatoms. The Labute approximate surface area is 303 Å². The molecular weight excluding hydrogens is 705 g/mol. The maximum absolute atomic E-state index is 14.7. The second-order valence-corrected chi connectivity index (χ2v) is 15.1. The summed E-state index contributed by atoms with van der Waals surface area (Å²) in [6, 6.07) is 25.6. The molecule has 0 heterocycles. The maximum atomic E-state index is 14.7. The normalized spacial score (nSPS) is 14.1. The monoisotopic (exact) mass is 741 g/mol. The van der Waals surface area contributed by atoms with E-state index in [0.29, 0.717) is 21.4 Å². The number of hydrogen-bond acceptors (Lipinski definition) is 5. The van der Waals surface area contributed by atoms with Crippen LogP contribution in [0.4, 0.5) is 5.69 Å². The molecular formula is C37H38Cl3N3O5S. The molecule has 1 N–H and O–H groups in total. The van der Waals surface area contributed by atoms with E-state index in [9.17, 15) is 18.0 Å². The third kappa shape index (κ3) is 9.28. The van der Waals surface area contributed by atoms with Crippen molar-refractivity contribution < 1.29 is 22.7 Å². The fourth-order valence-electron chi connectivity index (χ4n) is 5.99. The predicted octanol–water partition coefficient (Wildman–Crippen LogP) is 7.94. The molecule has 0 saturated heterocycles. The van der Waals surface area contributed by atoms with Crippen LogP contribution in [0.3, 0.4) is 0 Å². The molecule has 1 aliphatic carbocycles. The van der Waals surface area contributed by atoms with Gasteiger partial charge in [-0.2, -0.15) is 0 Å². The SMILES string of the molecule is COc1ccc(N(CC(=O)N(Cc2ccc(Cl)cc2Cl)[C@H](Cc2ccccc2)C(=O)NC2CCCCC2)S(=O)(=O)c2ccccc2)cc1Cl. The Morgan fingerprint density at radius 3 is 2.16 bits per heavy atom. The lowest BCUT2D eigenvalue weighted by atomic mass is 9.94. The van der Waals surface area contributed by atoms with E-state index in [1.807, 2.05) is 30.3 Å². The molecule has 1 fully saturated rings. The number of rotatable bonds is 13. The van der Waals surface area contributed by atoms with Gasteiger partial charge in [0.1, 0.15) is 18.3 Å². The Morgan fingerprint density at radius 2 is 1.53 bits per heavy atom. The van der Waals surface area contributed by atoms with Crippen LogP contribution in [0.5, 0.6) is 5.75 Å². The summed E-state index contributed by atoms with van der Waals surface area (Å²) in [5, 5.41) is 4.09. The van der Waals surface area contributed by atoms with Crippen molar-refractivity contribution in [3.8, 4) is 5.75 Å². The van der Waals surface area contributed by atoms with Crippen LogP contribution >= 0.6 is 34.8 Å². The van der Waals surface area contributed by atoms with Gasteiger partial charge >= 0.3 is 0 Å². The summed E-state index contributed by atoms with van der Waals surface area (Å²) in [5.74, 6) is -0.591. The number of hydrogen-bond donors (Lipinski definition) is 1. The highest BCUT2D eigenvalue weighted by molar-refractivity contribution is 7.92. The van der Waals surface area contributed by atoms with Gasteiger partial charge < -0.3 is 15.0 Å². The third-order valence-electron chi connectivity index (χ3n) is 8.61. The van der Waals surface area contributed by atoms with Crippen molar-refractivity contribution >= 4 is 62.3 Å². The molecule has 0 unspecified atom stereocenters. The Morgan fingerprint density at radius 1 is 0.857 bits per heavy atom. The first kappa shape index (κ1) is 36.5. The molecule has 1 atom stereocenters. The quantitative estimate of drug-likeness (QED) is 0.150. The van der Waals surface area contributed by atoms with Gasteiger partial charge in [-0.05, 0) is 66.4 Å². The molecule has 0 bridgehead atoms. The van der Waals surface area contributed by atoms with Crippen LogP contribution in [0.25, 0.3) is 0 Å². The fourth-order valence-corrected chi connectivity index (χ4v) is 8.14. The zero-order valence-electron chi connectivity index (χ0n) is 27.0. The van der Waals surface area contributed by atoms with E-state index in [-0.39, 0.29) is 40.5 Å². The molecule has 49 heavy (non-hydrogen) atoms. The summed E-state index contributed by atoms with van der Waals surface area (Å²) in [4.78, 5) is 30.4. The number of nitrogens with one attached hydrogen (secondary N) is 1. The van der Waals surface area contributed by atoms with E-state index in [0.717, 1.165) is 42.0 Å². The molecule has 0 spiro atoms. The topological polar surface area (TPSA) is 96.0 Å². The zero-order valence-corrected chi connectivity index (χ0v) is 30.1. The standard InChI is InChI=1S/C37H38Cl3N3O5S/c1-48-35-20-19-30(23-33(35)40)43(49(46,47)31-15-9-4-10-16-31)25-36(44)42(24-27-17-18-28(38)22-32(27)39)34(21-26-11-5-2-6-12-26)37(45)41-29-13-7-3-8-14-29/h2,4-6,9-12,15-20,22-23,29,34H,3,7-8,13-14,21,24-25H2,1H3,(H,41,45)/t34-/m1/s1. The van der Waals surface area contributed by atoms with E-state index >= 15 is 0 Å². The van der Waals surface area contributed by atoms with Gasteiger partial charge in [-0.1, -0.05) is 109 Å². The van der Waals surface area contributed by atoms with Gasteiger partial charge in [0.15, 0.2) is 0 Å². The average Bonchev–Trinajstić information content (AvgIpc) is 3.10. The molecule has 258 valence electrons. The molecule has 4 aromatic rings. The van der Waals surface area contributed by atoms with E-state index in [1.54, 1.807) is 36.4 Å². The van der Waals surface area contributed by atoms with Crippen molar-refractivity contribution in [2.24, 2.45) is 0 Å². The number of ether oxygens (including phenoxy) is 1. The van der Waals surface area contributed by atoms with Crippen molar-refractivity contribution in [1.29, 1.82) is 0 Å². The van der Waals surface area contributed by atoms with Gasteiger partial charge in [-0.3, -0.25) is 13.9 Å². The van der Waals surface area contributed by atoms with Gasteiger partial charge in [-0.25, -0.2) is 8.42 Å². The first-order valence-corrected chi connectivity index (χ1v) is 18.6. The van der Waals surface area contributed by atoms with Crippen LogP contribution in [0.2, 0.25) is 15.1 Å². The van der Waals surface area contributed by atoms with E-state index < -0.39 is 28.5 Å². The molecule has 8 nitrogen and oxygen atoms in total. The predicted molar refractivity (Wildman–Crippen MR) is 195 cm³/mol. The summed E-state index contributed by atoms with van der Waals surface area (Å²) in [5.41, 5.74) is 1.54. The largest absolute Gasteiger partial charge is 0.495 e. The lowest BCUT2D eigenvalue weighted by Gasteiger charge is -2.35. The minimum Gasteiger partial charge on any atom is -0.495 e. The number of benzene rings is 4. The van der Waals surface area contributed by atoms with Crippen molar-refractivity contribution in [3.05, 3.63) is 123 Å². The minimum absolute atomic E-state index is 0.0158. The third-order valence-corrected chi connectivity index (χ3v) is 11.3. The summed E-state index contributed by atoms with van der Waals surface area (Å²) in [6.45, 7) is -0.708. The Bertz CT molecular complexity index is 1860. The van der Waals surface area contributed by atoms with Crippen molar-refractivity contribution in [2.45, 2.75) is 62.0 Å². The van der Waals surface area contributed by atoms with Gasteiger partial charge in [0.25, 0.3) is 10.0 Å². The lowest BCUT2D eigenvalue weighted by Crippen LogP contribution is -2.55. The van der Waals surface area contributed by atoms with E-state index in [2.05, 4.69) is 5.32 Å². The number of amides is 2. The van der Waals surface area contributed by atoms with Crippen molar-refractivity contribution in [3.63, 3.8) is 0 Å². The molecule has 0 radical (unpaired) electrons. The summed E-state index contributed by atoms with van der Waals surface area (Å²) < 4.78 is 34.8. The second-order valence-electron chi connectivity index (χ2n) is 11.9. The van der Waals surface area contributed by atoms with Crippen LogP contribution in [-0.4, -0.2) is 50.9 Å². The summed E-state index contributed by atoms with van der Waals surface area (Å²) in [6.07, 6.45) is 5.02.